The van der Waals surface area contributed by atoms with Crippen molar-refractivity contribution in [3.8, 4) is 11.5 Å². The van der Waals surface area contributed by atoms with E-state index >= 15 is 0 Å². The van der Waals surface area contributed by atoms with Gasteiger partial charge in [-0.2, -0.15) is 0 Å². The Morgan fingerprint density at radius 2 is 1.13 bits per heavy atom. The first kappa shape index (κ1) is 24.8. The second kappa shape index (κ2) is 8.78. The summed E-state index contributed by atoms with van der Waals surface area (Å²) in [6, 6.07) is 23.1. The highest BCUT2D eigenvalue weighted by Crippen LogP contribution is 2.41. The topological polar surface area (TPSA) is 9.86 Å². The maximum atomic E-state index is 3.92. The molecule has 0 fully saturated rings. The van der Waals surface area contributed by atoms with E-state index in [0.717, 1.165) is 5.69 Å². The van der Waals surface area contributed by atoms with Gasteiger partial charge in [0.05, 0.1) is 5.69 Å². The summed E-state index contributed by atoms with van der Waals surface area (Å²) in [6.07, 6.45) is 2.14. The number of hydrogen-bond acceptors (Lipinski definition) is 0. The standard InChI is InChI=1S/C35H38N2Si/c1-22(2)38(23(3)4,24(5)6)16-14-29-17-28-19-33-26(21-35(28)37(29)8)10-12-30-31(33)11-9-25-20-34-27(18-32(25)30)13-15-36(34)7/h9-13,15,17-24H,1-8H3. The summed E-state index contributed by atoms with van der Waals surface area (Å²) in [4.78, 5) is 0. The van der Waals surface area contributed by atoms with Crippen molar-refractivity contribution in [2.24, 2.45) is 14.1 Å². The highest BCUT2D eigenvalue weighted by molar-refractivity contribution is 6.90. The molecule has 0 saturated heterocycles. The highest BCUT2D eigenvalue weighted by Gasteiger charge is 2.41. The van der Waals surface area contributed by atoms with Gasteiger partial charge in [-0.05, 0) is 85.3 Å². The van der Waals surface area contributed by atoms with Crippen LogP contribution < -0.4 is 0 Å². The number of benzene rings is 4. The third-order valence-corrected chi connectivity index (χ3v) is 15.6. The summed E-state index contributed by atoms with van der Waals surface area (Å²) in [5, 5.41) is 10.4. The van der Waals surface area contributed by atoms with Crippen molar-refractivity contribution in [1.29, 1.82) is 0 Å². The maximum Gasteiger partial charge on any atom is 0.146 e. The molecule has 192 valence electrons. The fraction of sp³-hybridized carbons (Fsp3) is 0.314. The molecule has 0 bridgehead atoms. The molecule has 2 nitrogen and oxygen atoms in total. The minimum Gasteiger partial charge on any atom is -0.351 e. The highest BCUT2D eigenvalue weighted by atomic mass is 28.3. The van der Waals surface area contributed by atoms with Crippen LogP contribution in [-0.2, 0) is 14.1 Å². The molecule has 3 heteroatoms. The zero-order valence-electron chi connectivity index (χ0n) is 24.0. The molecule has 0 aliphatic carbocycles. The van der Waals surface area contributed by atoms with E-state index in [1.54, 1.807) is 0 Å². The molecule has 4 aromatic carbocycles. The van der Waals surface area contributed by atoms with E-state index in [2.05, 4.69) is 143 Å². The number of hydrogen-bond donors (Lipinski definition) is 0. The quantitative estimate of drug-likeness (QED) is 0.126. The Morgan fingerprint density at radius 3 is 1.71 bits per heavy atom. The van der Waals surface area contributed by atoms with E-state index in [1.807, 2.05) is 0 Å². The Balaban J connectivity index is 1.55. The lowest BCUT2D eigenvalue weighted by atomic mass is 9.95. The molecule has 0 aliphatic heterocycles. The van der Waals surface area contributed by atoms with Gasteiger partial charge in [-0.25, -0.2) is 0 Å². The Labute approximate surface area is 227 Å². The number of fused-ring (bicyclic) bond motifs is 7. The molecular formula is C35H38N2Si. The van der Waals surface area contributed by atoms with Crippen molar-refractivity contribution in [3.05, 3.63) is 72.6 Å². The predicted octanol–water partition coefficient (Wildman–Crippen LogP) is 9.70. The largest absolute Gasteiger partial charge is 0.351 e. The van der Waals surface area contributed by atoms with Crippen LogP contribution in [0.4, 0.5) is 0 Å². The van der Waals surface area contributed by atoms with E-state index in [0.29, 0.717) is 16.6 Å². The lowest BCUT2D eigenvalue weighted by molar-refractivity contribution is 0.838. The van der Waals surface area contributed by atoms with Gasteiger partial charge in [0.25, 0.3) is 0 Å². The van der Waals surface area contributed by atoms with Gasteiger partial charge < -0.3 is 9.13 Å². The van der Waals surface area contributed by atoms with Crippen molar-refractivity contribution >= 4 is 62.2 Å². The maximum absolute atomic E-state index is 3.92. The molecule has 0 atom stereocenters. The lowest BCUT2D eigenvalue weighted by Crippen LogP contribution is -2.43. The number of aryl methyl sites for hydroxylation is 2. The minimum atomic E-state index is -1.79. The van der Waals surface area contributed by atoms with Crippen LogP contribution in [0.25, 0.3) is 54.1 Å². The minimum absolute atomic E-state index is 0.630. The zero-order chi connectivity index (χ0) is 26.9. The summed E-state index contributed by atoms with van der Waals surface area (Å²) in [5.41, 5.74) is 9.46. The molecule has 0 unspecified atom stereocenters. The Hall–Kier alpha value is -3.48. The SMILES string of the molecule is CC(C)[Si](C#Cc1cc2cc3c(ccc4c5cc6ccn(C)c6cc5ccc34)cc2n1C)(C(C)C)C(C)C. The van der Waals surface area contributed by atoms with Crippen molar-refractivity contribution in [1.82, 2.24) is 9.13 Å². The van der Waals surface area contributed by atoms with Crippen molar-refractivity contribution in [3.63, 3.8) is 0 Å². The van der Waals surface area contributed by atoms with Gasteiger partial charge in [0.2, 0.25) is 0 Å². The third-order valence-electron chi connectivity index (χ3n) is 9.27. The van der Waals surface area contributed by atoms with Crippen LogP contribution in [0.2, 0.25) is 16.6 Å². The van der Waals surface area contributed by atoms with Gasteiger partial charge >= 0.3 is 0 Å². The number of rotatable bonds is 3. The Bertz CT molecular complexity index is 1910. The normalized spacial score (nSPS) is 12.7. The van der Waals surface area contributed by atoms with Crippen LogP contribution in [-0.4, -0.2) is 17.2 Å². The number of aromatic nitrogens is 2. The van der Waals surface area contributed by atoms with Gasteiger partial charge in [-0.3, -0.25) is 0 Å². The predicted molar refractivity (Wildman–Crippen MR) is 170 cm³/mol. The van der Waals surface area contributed by atoms with Crippen LogP contribution in [0.1, 0.15) is 47.2 Å². The van der Waals surface area contributed by atoms with E-state index in [4.69, 9.17) is 0 Å². The first-order valence-electron chi connectivity index (χ1n) is 14.0. The summed E-state index contributed by atoms with van der Waals surface area (Å²) < 4.78 is 4.49. The van der Waals surface area contributed by atoms with Crippen molar-refractivity contribution < 1.29 is 0 Å². The molecule has 0 radical (unpaired) electrons. The summed E-state index contributed by atoms with van der Waals surface area (Å²) in [5.74, 6) is 3.69. The van der Waals surface area contributed by atoms with E-state index in [1.165, 1.54) is 54.1 Å². The molecule has 0 aliphatic rings. The van der Waals surface area contributed by atoms with Crippen LogP contribution in [0, 0.1) is 11.5 Å². The van der Waals surface area contributed by atoms with Gasteiger partial charge in [0, 0.05) is 42.1 Å². The van der Waals surface area contributed by atoms with Crippen LogP contribution >= 0.6 is 0 Å². The second-order valence-corrected chi connectivity index (χ2v) is 17.7. The van der Waals surface area contributed by atoms with Crippen LogP contribution in [0.3, 0.4) is 0 Å². The molecule has 0 saturated carbocycles. The van der Waals surface area contributed by atoms with Crippen molar-refractivity contribution in [2.75, 3.05) is 0 Å². The summed E-state index contributed by atoms with van der Waals surface area (Å²) in [7, 11) is 2.50. The zero-order valence-corrected chi connectivity index (χ0v) is 25.0. The Morgan fingerprint density at radius 1 is 0.579 bits per heavy atom. The molecule has 2 heterocycles. The average Bonchev–Trinajstić information content (AvgIpc) is 3.39. The molecule has 2 aromatic heterocycles. The van der Waals surface area contributed by atoms with E-state index in [9.17, 15) is 0 Å². The second-order valence-electron chi connectivity index (χ2n) is 12.2. The smallest absolute Gasteiger partial charge is 0.146 e. The fourth-order valence-electron chi connectivity index (χ4n) is 7.20. The Kier molecular flexibility index (Phi) is 5.74. The average molecular weight is 515 g/mol. The van der Waals surface area contributed by atoms with Gasteiger partial charge in [0.1, 0.15) is 8.07 Å². The lowest BCUT2D eigenvalue weighted by Gasteiger charge is -2.38. The van der Waals surface area contributed by atoms with Crippen molar-refractivity contribution in [2.45, 2.75) is 58.2 Å². The monoisotopic (exact) mass is 514 g/mol. The number of nitrogens with zero attached hydrogens (tertiary/aromatic N) is 2. The molecule has 38 heavy (non-hydrogen) atoms. The molecule has 6 aromatic rings. The van der Waals surface area contributed by atoms with E-state index in [-0.39, 0.29) is 0 Å². The van der Waals surface area contributed by atoms with Crippen LogP contribution in [0.15, 0.2) is 66.9 Å². The first-order valence-corrected chi connectivity index (χ1v) is 16.2. The van der Waals surface area contributed by atoms with Gasteiger partial charge in [-0.1, -0.05) is 71.7 Å². The first-order chi connectivity index (χ1) is 18.1. The van der Waals surface area contributed by atoms with Crippen LogP contribution in [0.5, 0.6) is 0 Å². The molecule has 0 N–H and O–H groups in total. The fourth-order valence-corrected chi connectivity index (χ4v) is 12.4. The van der Waals surface area contributed by atoms with E-state index < -0.39 is 8.07 Å². The molecular weight excluding hydrogens is 476 g/mol. The summed E-state index contributed by atoms with van der Waals surface area (Å²) >= 11 is 0. The van der Waals surface area contributed by atoms with Gasteiger partial charge in [-0.15, -0.1) is 5.54 Å². The molecule has 0 spiro atoms. The third kappa shape index (κ3) is 3.54. The summed E-state index contributed by atoms with van der Waals surface area (Å²) in [6.45, 7) is 14.3. The van der Waals surface area contributed by atoms with Gasteiger partial charge in [0.15, 0.2) is 0 Å². The molecule has 0 amide bonds. The molecule has 6 rings (SSSR count).